The summed E-state index contributed by atoms with van der Waals surface area (Å²) in [6.45, 7) is 7.86. The second-order valence-corrected chi connectivity index (χ2v) is 6.72. The van der Waals surface area contributed by atoms with Gasteiger partial charge in [-0.3, -0.25) is 4.79 Å². The summed E-state index contributed by atoms with van der Waals surface area (Å²) in [6.07, 6.45) is 0.378. The molecule has 1 heterocycles. The first-order valence-corrected chi connectivity index (χ1v) is 8.88. The maximum absolute atomic E-state index is 11.5. The Bertz CT molecular complexity index is 969. The van der Waals surface area contributed by atoms with Crippen LogP contribution in [-0.2, 0) is 4.79 Å². The standard InChI is InChI=1S/C20H21N3O2S/c1-5-18(24)23-20(26)22-15-10-14(7-6-11(15)2)19-21-16-8-12(3)13(4)9-17(16)25-19/h6-10H,5H2,1-4H3,(H2,22,23,24,26). The lowest BCUT2D eigenvalue weighted by Gasteiger charge is -2.12. The quantitative estimate of drug-likeness (QED) is 0.660. The average molecular weight is 367 g/mol. The molecular weight excluding hydrogens is 346 g/mol. The summed E-state index contributed by atoms with van der Waals surface area (Å²) >= 11 is 5.20. The highest BCUT2D eigenvalue weighted by molar-refractivity contribution is 7.80. The molecule has 0 saturated heterocycles. The Morgan fingerprint density at radius 2 is 1.85 bits per heavy atom. The summed E-state index contributed by atoms with van der Waals surface area (Å²) in [5, 5.41) is 5.99. The molecule has 0 bridgehead atoms. The Kier molecular flexibility index (Phi) is 5.04. The SMILES string of the molecule is CCC(=O)NC(=S)Nc1cc(-c2nc3cc(C)c(C)cc3o2)ccc1C. The predicted molar refractivity (Wildman–Crippen MR) is 108 cm³/mol. The maximum Gasteiger partial charge on any atom is 0.227 e. The summed E-state index contributed by atoms with van der Waals surface area (Å²) in [4.78, 5) is 16.1. The molecule has 134 valence electrons. The Labute approximate surface area is 157 Å². The number of aryl methyl sites for hydroxylation is 3. The second kappa shape index (κ2) is 7.25. The molecule has 26 heavy (non-hydrogen) atoms. The number of oxazole rings is 1. The fraction of sp³-hybridized carbons (Fsp3) is 0.250. The van der Waals surface area contributed by atoms with Crippen molar-refractivity contribution in [3.63, 3.8) is 0 Å². The lowest BCUT2D eigenvalue weighted by Crippen LogP contribution is -2.33. The van der Waals surface area contributed by atoms with Gasteiger partial charge in [-0.05, 0) is 73.9 Å². The van der Waals surface area contributed by atoms with Crippen LogP contribution < -0.4 is 10.6 Å². The van der Waals surface area contributed by atoms with Gasteiger partial charge in [0.15, 0.2) is 10.7 Å². The number of hydrogen-bond donors (Lipinski definition) is 2. The molecule has 0 spiro atoms. The van der Waals surface area contributed by atoms with Crippen LogP contribution >= 0.6 is 12.2 Å². The van der Waals surface area contributed by atoms with Gasteiger partial charge < -0.3 is 15.1 Å². The van der Waals surface area contributed by atoms with Crippen molar-refractivity contribution in [2.45, 2.75) is 34.1 Å². The lowest BCUT2D eigenvalue weighted by molar-refractivity contribution is -0.119. The Hall–Kier alpha value is -2.73. The first-order valence-electron chi connectivity index (χ1n) is 8.47. The number of rotatable bonds is 3. The number of amides is 1. The molecule has 0 aliphatic rings. The van der Waals surface area contributed by atoms with E-state index in [-0.39, 0.29) is 11.0 Å². The summed E-state index contributed by atoms with van der Waals surface area (Å²) in [5.41, 5.74) is 6.61. The van der Waals surface area contributed by atoms with Gasteiger partial charge >= 0.3 is 0 Å². The van der Waals surface area contributed by atoms with Crippen LogP contribution in [0.1, 0.15) is 30.0 Å². The first-order chi connectivity index (χ1) is 12.4. The minimum absolute atomic E-state index is 0.124. The van der Waals surface area contributed by atoms with E-state index in [1.807, 2.05) is 37.3 Å². The zero-order chi connectivity index (χ0) is 18.8. The van der Waals surface area contributed by atoms with Gasteiger partial charge in [0, 0.05) is 17.7 Å². The largest absolute Gasteiger partial charge is 0.436 e. The zero-order valence-corrected chi connectivity index (χ0v) is 16.1. The molecular formula is C20H21N3O2S. The van der Waals surface area contributed by atoms with Crippen molar-refractivity contribution >= 4 is 40.0 Å². The van der Waals surface area contributed by atoms with Gasteiger partial charge in [0.05, 0.1) is 0 Å². The first kappa shape index (κ1) is 18.1. The number of fused-ring (bicyclic) bond motifs is 1. The second-order valence-electron chi connectivity index (χ2n) is 6.31. The van der Waals surface area contributed by atoms with Crippen molar-refractivity contribution in [3.8, 4) is 11.5 Å². The molecule has 2 aromatic carbocycles. The number of carbonyl (C=O) groups excluding carboxylic acids is 1. The number of hydrogen-bond acceptors (Lipinski definition) is 4. The Morgan fingerprint density at radius 3 is 2.58 bits per heavy atom. The highest BCUT2D eigenvalue weighted by atomic mass is 32.1. The maximum atomic E-state index is 11.5. The molecule has 3 rings (SSSR count). The number of nitrogens with one attached hydrogen (secondary N) is 2. The van der Waals surface area contributed by atoms with Gasteiger partial charge in [0.2, 0.25) is 11.8 Å². The minimum Gasteiger partial charge on any atom is -0.436 e. The number of nitrogens with zero attached hydrogens (tertiary/aromatic N) is 1. The topological polar surface area (TPSA) is 67.2 Å². The van der Waals surface area contributed by atoms with Crippen molar-refractivity contribution in [3.05, 3.63) is 47.0 Å². The lowest BCUT2D eigenvalue weighted by atomic mass is 10.1. The fourth-order valence-corrected chi connectivity index (χ4v) is 2.79. The van der Waals surface area contributed by atoms with Crippen LogP contribution in [0.2, 0.25) is 0 Å². The number of anilines is 1. The smallest absolute Gasteiger partial charge is 0.227 e. The normalized spacial score (nSPS) is 10.8. The summed E-state index contributed by atoms with van der Waals surface area (Å²) in [7, 11) is 0. The Balaban J connectivity index is 1.92. The van der Waals surface area contributed by atoms with Gasteiger partial charge in [-0.1, -0.05) is 13.0 Å². The van der Waals surface area contributed by atoms with Gasteiger partial charge in [0.1, 0.15) is 5.52 Å². The van der Waals surface area contributed by atoms with Gasteiger partial charge in [-0.15, -0.1) is 0 Å². The molecule has 5 nitrogen and oxygen atoms in total. The molecule has 0 aliphatic carbocycles. The molecule has 2 N–H and O–H groups in total. The summed E-state index contributed by atoms with van der Waals surface area (Å²) in [5.74, 6) is 0.428. The van der Waals surface area contributed by atoms with Crippen molar-refractivity contribution in [1.29, 1.82) is 0 Å². The number of aromatic nitrogens is 1. The van der Waals surface area contributed by atoms with E-state index in [1.54, 1.807) is 6.92 Å². The van der Waals surface area contributed by atoms with E-state index in [9.17, 15) is 4.79 Å². The van der Waals surface area contributed by atoms with Gasteiger partial charge in [0.25, 0.3) is 0 Å². The highest BCUT2D eigenvalue weighted by Gasteiger charge is 2.12. The molecule has 0 aliphatic heterocycles. The van der Waals surface area contributed by atoms with Gasteiger partial charge in [-0.2, -0.15) is 0 Å². The zero-order valence-electron chi connectivity index (χ0n) is 15.3. The van der Waals surface area contributed by atoms with E-state index in [0.717, 1.165) is 27.9 Å². The van der Waals surface area contributed by atoms with Crippen molar-refractivity contribution < 1.29 is 9.21 Å². The molecule has 0 saturated carbocycles. The third kappa shape index (κ3) is 3.75. The molecule has 6 heteroatoms. The molecule has 1 amide bonds. The molecule has 0 radical (unpaired) electrons. The minimum atomic E-state index is -0.124. The predicted octanol–water partition coefficient (Wildman–Crippen LogP) is 4.64. The van der Waals surface area contributed by atoms with Gasteiger partial charge in [-0.25, -0.2) is 4.98 Å². The van der Waals surface area contributed by atoms with Crippen LogP contribution in [0.15, 0.2) is 34.7 Å². The molecule has 0 atom stereocenters. The van der Waals surface area contributed by atoms with Crippen molar-refractivity contribution in [2.75, 3.05) is 5.32 Å². The van der Waals surface area contributed by atoms with E-state index in [2.05, 4.69) is 29.5 Å². The van der Waals surface area contributed by atoms with E-state index in [0.29, 0.717) is 12.3 Å². The van der Waals surface area contributed by atoms with Crippen LogP contribution in [0.3, 0.4) is 0 Å². The average Bonchev–Trinajstić information content (AvgIpc) is 2.99. The van der Waals surface area contributed by atoms with Crippen molar-refractivity contribution in [1.82, 2.24) is 10.3 Å². The monoisotopic (exact) mass is 367 g/mol. The number of carbonyl (C=O) groups is 1. The third-order valence-electron chi connectivity index (χ3n) is 4.31. The molecule has 0 unspecified atom stereocenters. The fourth-order valence-electron chi connectivity index (χ4n) is 2.56. The van der Waals surface area contributed by atoms with Crippen LogP contribution in [0, 0.1) is 20.8 Å². The van der Waals surface area contributed by atoms with E-state index < -0.39 is 0 Å². The van der Waals surface area contributed by atoms with Crippen LogP contribution in [0.5, 0.6) is 0 Å². The molecule has 3 aromatic rings. The molecule has 1 aromatic heterocycles. The summed E-state index contributed by atoms with van der Waals surface area (Å²) < 4.78 is 5.93. The van der Waals surface area contributed by atoms with Crippen LogP contribution in [0.25, 0.3) is 22.6 Å². The Morgan fingerprint density at radius 1 is 1.12 bits per heavy atom. The number of thiocarbonyl (C=S) groups is 1. The summed E-state index contributed by atoms with van der Waals surface area (Å²) in [6, 6.07) is 9.88. The van der Waals surface area contributed by atoms with E-state index in [4.69, 9.17) is 16.6 Å². The van der Waals surface area contributed by atoms with E-state index in [1.165, 1.54) is 11.1 Å². The highest BCUT2D eigenvalue weighted by Crippen LogP contribution is 2.29. The number of benzene rings is 2. The van der Waals surface area contributed by atoms with Crippen LogP contribution in [0.4, 0.5) is 5.69 Å². The third-order valence-corrected chi connectivity index (χ3v) is 4.51. The van der Waals surface area contributed by atoms with E-state index >= 15 is 0 Å². The molecule has 0 fully saturated rings. The van der Waals surface area contributed by atoms with Crippen LogP contribution in [-0.4, -0.2) is 16.0 Å². The van der Waals surface area contributed by atoms with Crippen molar-refractivity contribution in [2.24, 2.45) is 0 Å².